The predicted octanol–water partition coefficient (Wildman–Crippen LogP) is 1.71. The molecule has 1 saturated carbocycles. The fraction of sp³-hybridized carbons (Fsp3) is 0.500. The molecule has 0 unspecified atom stereocenters. The fourth-order valence-corrected chi connectivity index (χ4v) is 1.41. The van der Waals surface area contributed by atoms with Crippen LogP contribution in [0.4, 0.5) is 0 Å². The second-order valence-corrected chi connectivity index (χ2v) is 3.52. The molecule has 1 aromatic rings. The summed E-state index contributed by atoms with van der Waals surface area (Å²) in [6.07, 6.45) is 3.19. The van der Waals surface area contributed by atoms with Crippen LogP contribution in [0.25, 0.3) is 0 Å². The molecule has 1 aliphatic rings. The summed E-state index contributed by atoms with van der Waals surface area (Å²) in [6.45, 7) is 2.52. The van der Waals surface area contributed by atoms with E-state index in [0.29, 0.717) is 12.6 Å². The van der Waals surface area contributed by atoms with Crippen molar-refractivity contribution in [3.63, 3.8) is 0 Å². The lowest BCUT2D eigenvalue weighted by Gasteiger charge is -2.13. The molecule has 0 spiro atoms. The highest BCUT2D eigenvalue weighted by molar-refractivity contribution is 5.48. The molecule has 0 aromatic carbocycles. The van der Waals surface area contributed by atoms with E-state index >= 15 is 0 Å². The van der Waals surface area contributed by atoms with E-state index in [-0.39, 0.29) is 0 Å². The van der Waals surface area contributed by atoms with Crippen molar-refractivity contribution in [2.45, 2.75) is 32.4 Å². The summed E-state index contributed by atoms with van der Waals surface area (Å²) < 4.78 is 5.39. The summed E-state index contributed by atoms with van der Waals surface area (Å²) in [5, 5.41) is 0. The lowest BCUT2D eigenvalue weighted by atomic mass is 10.4. The van der Waals surface area contributed by atoms with E-state index in [0.717, 1.165) is 30.8 Å². The minimum Gasteiger partial charge on any atom is -0.464 e. The molecule has 3 heteroatoms. The van der Waals surface area contributed by atoms with Gasteiger partial charge in [0.2, 0.25) is 6.41 Å². The number of amides is 1. The molecule has 13 heavy (non-hydrogen) atoms. The Morgan fingerprint density at radius 2 is 2.38 bits per heavy atom. The molecule has 0 saturated heterocycles. The molecule has 0 N–H and O–H groups in total. The van der Waals surface area contributed by atoms with Crippen LogP contribution in [0, 0.1) is 6.92 Å². The van der Waals surface area contributed by atoms with Gasteiger partial charge in [-0.1, -0.05) is 0 Å². The van der Waals surface area contributed by atoms with Gasteiger partial charge in [-0.2, -0.15) is 0 Å². The third-order valence-electron chi connectivity index (χ3n) is 2.29. The first-order valence-corrected chi connectivity index (χ1v) is 4.56. The molecule has 1 heterocycles. The average Bonchev–Trinajstić information content (AvgIpc) is 2.87. The van der Waals surface area contributed by atoms with Crippen molar-refractivity contribution in [3.8, 4) is 0 Å². The summed E-state index contributed by atoms with van der Waals surface area (Å²) in [4.78, 5) is 12.5. The Balaban J connectivity index is 1.98. The summed E-state index contributed by atoms with van der Waals surface area (Å²) in [6, 6.07) is 4.31. The van der Waals surface area contributed by atoms with Gasteiger partial charge in [0.1, 0.15) is 11.5 Å². The molecular weight excluding hydrogens is 166 g/mol. The number of nitrogens with zero attached hydrogens (tertiary/aromatic N) is 1. The van der Waals surface area contributed by atoms with Crippen molar-refractivity contribution >= 4 is 6.41 Å². The summed E-state index contributed by atoms with van der Waals surface area (Å²) in [5.74, 6) is 1.77. The molecule has 1 fully saturated rings. The van der Waals surface area contributed by atoms with Crippen molar-refractivity contribution in [1.29, 1.82) is 0 Å². The van der Waals surface area contributed by atoms with E-state index < -0.39 is 0 Å². The maximum absolute atomic E-state index is 10.7. The molecule has 1 amide bonds. The first-order valence-electron chi connectivity index (χ1n) is 4.56. The van der Waals surface area contributed by atoms with Crippen LogP contribution in [-0.2, 0) is 11.3 Å². The number of carbonyl (C=O) groups excluding carboxylic acids is 1. The number of aryl methyl sites for hydroxylation is 1. The van der Waals surface area contributed by atoms with Gasteiger partial charge in [-0.05, 0) is 31.9 Å². The Bertz CT molecular complexity index is 302. The zero-order chi connectivity index (χ0) is 9.26. The molecule has 70 valence electrons. The van der Waals surface area contributed by atoms with E-state index in [2.05, 4.69) is 0 Å². The van der Waals surface area contributed by atoms with Gasteiger partial charge in [0.15, 0.2) is 0 Å². The van der Waals surface area contributed by atoms with Crippen LogP contribution in [-0.4, -0.2) is 17.4 Å². The van der Waals surface area contributed by atoms with Crippen molar-refractivity contribution in [1.82, 2.24) is 4.90 Å². The van der Waals surface area contributed by atoms with Gasteiger partial charge >= 0.3 is 0 Å². The molecule has 1 aliphatic carbocycles. The number of hydrogen-bond donors (Lipinski definition) is 0. The Hall–Kier alpha value is -1.25. The molecule has 1 aromatic heterocycles. The Morgan fingerprint density at radius 1 is 1.62 bits per heavy atom. The minimum absolute atomic E-state index is 0.461. The monoisotopic (exact) mass is 179 g/mol. The van der Waals surface area contributed by atoms with Crippen LogP contribution in [0.15, 0.2) is 16.5 Å². The highest BCUT2D eigenvalue weighted by Crippen LogP contribution is 2.27. The van der Waals surface area contributed by atoms with E-state index in [4.69, 9.17) is 4.42 Å². The third-order valence-corrected chi connectivity index (χ3v) is 2.29. The van der Waals surface area contributed by atoms with E-state index in [1.165, 1.54) is 0 Å². The van der Waals surface area contributed by atoms with Gasteiger partial charge in [-0.25, -0.2) is 0 Å². The van der Waals surface area contributed by atoms with Crippen molar-refractivity contribution in [2.24, 2.45) is 0 Å². The maximum Gasteiger partial charge on any atom is 0.210 e. The Morgan fingerprint density at radius 3 is 2.85 bits per heavy atom. The first kappa shape index (κ1) is 8.35. The molecule has 2 rings (SSSR count). The molecule has 3 nitrogen and oxygen atoms in total. The van der Waals surface area contributed by atoms with Gasteiger partial charge in [0.05, 0.1) is 6.54 Å². The standard InChI is InChI=1S/C10H13NO2/c1-8-2-5-10(13-8)6-11(7-12)9-3-4-9/h2,5,7,9H,3-4,6H2,1H3. The fourth-order valence-electron chi connectivity index (χ4n) is 1.41. The average molecular weight is 179 g/mol. The van der Waals surface area contributed by atoms with Crippen LogP contribution >= 0.6 is 0 Å². The molecule has 0 bridgehead atoms. The van der Waals surface area contributed by atoms with Gasteiger partial charge in [-0.3, -0.25) is 4.79 Å². The number of furan rings is 1. The Kier molecular flexibility index (Phi) is 2.08. The number of rotatable bonds is 4. The Labute approximate surface area is 77.3 Å². The van der Waals surface area contributed by atoms with E-state index in [1.807, 2.05) is 19.1 Å². The van der Waals surface area contributed by atoms with Crippen molar-refractivity contribution in [2.75, 3.05) is 0 Å². The van der Waals surface area contributed by atoms with Gasteiger partial charge in [0.25, 0.3) is 0 Å². The van der Waals surface area contributed by atoms with E-state index in [1.54, 1.807) is 4.90 Å². The maximum atomic E-state index is 10.7. The first-order chi connectivity index (χ1) is 6.29. The van der Waals surface area contributed by atoms with Crippen molar-refractivity contribution < 1.29 is 9.21 Å². The second kappa shape index (κ2) is 3.24. The molecular formula is C10H13NO2. The summed E-state index contributed by atoms with van der Waals surface area (Å²) in [7, 11) is 0. The lowest BCUT2D eigenvalue weighted by Crippen LogP contribution is -2.23. The SMILES string of the molecule is Cc1ccc(CN(C=O)C2CC2)o1. The second-order valence-electron chi connectivity index (χ2n) is 3.52. The normalized spacial score (nSPS) is 15.8. The van der Waals surface area contributed by atoms with Gasteiger partial charge in [0, 0.05) is 6.04 Å². The zero-order valence-electron chi connectivity index (χ0n) is 7.69. The van der Waals surface area contributed by atoms with Gasteiger partial charge in [-0.15, -0.1) is 0 Å². The van der Waals surface area contributed by atoms with Crippen LogP contribution in [0.5, 0.6) is 0 Å². The topological polar surface area (TPSA) is 33.5 Å². The molecule has 0 radical (unpaired) electrons. The van der Waals surface area contributed by atoms with Crippen molar-refractivity contribution in [3.05, 3.63) is 23.7 Å². The lowest BCUT2D eigenvalue weighted by molar-refractivity contribution is -0.119. The number of hydrogen-bond acceptors (Lipinski definition) is 2. The summed E-state index contributed by atoms with van der Waals surface area (Å²) in [5.41, 5.74) is 0. The third kappa shape index (κ3) is 1.91. The number of carbonyl (C=O) groups is 1. The minimum atomic E-state index is 0.461. The zero-order valence-corrected chi connectivity index (χ0v) is 7.69. The molecule has 0 aliphatic heterocycles. The van der Waals surface area contributed by atoms with E-state index in [9.17, 15) is 4.79 Å². The predicted molar refractivity (Wildman–Crippen MR) is 48.1 cm³/mol. The smallest absolute Gasteiger partial charge is 0.210 e. The van der Waals surface area contributed by atoms with Crippen LogP contribution in [0.2, 0.25) is 0 Å². The highest BCUT2D eigenvalue weighted by Gasteiger charge is 2.28. The van der Waals surface area contributed by atoms with Gasteiger partial charge < -0.3 is 9.32 Å². The van der Waals surface area contributed by atoms with Crippen LogP contribution < -0.4 is 0 Å². The largest absolute Gasteiger partial charge is 0.464 e. The van der Waals surface area contributed by atoms with Crippen LogP contribution in [0.3, 0.4) is 0 Å². The quantitative estimate of drug-likeness (QED) is 0.659. The highest BCUT2D eigenvalue weighted by atomic mass is 16.3. The van der Waals surface area contributed by atoms with Crippen LogP contribution in [0.1, 0.15) is 24.4 Å². The summed E-state index contributed by atoms with van der Waals surface area (Å²) >= 11 is 0. The molecule has 0 atom stereocenters.